The molecular weight excluding hydrogens is 785 g/mol. The molecule has 9 aromatic carbocycles. The van der Waals surface area contributed by atoms with E-state index in [0.717, 1.165) is 34.1 Å². The lowest BCUT2D eigenvalue weighted by Gasteiger charge is -2.53. The van der Waals surface area contributed by atoms with E-state index in [1.165, 1.54) is 65.7 Å². The van der Waals surface area contributed by atoms with Crippen LogP contribution in [-0.4, -0.2) is 0 Å². The molecule has 0 spiro atoms. The second-order valence-corrected chi connectivity index (χ2v) is 21.0. The highest BCUT2D eigenvalue weighted by Gasteiger charge is 2.58. The van der Waals surface area contributed by atoms with E-state index in [9.17, 15) is 0 Å². The van der Waals surface area contributed by atoms with Gasteiger partial charge in [0, 0.05) is 39.5 Å². The van der Waals surface area contributed by atoms with Crippen molar-refractivity contribution in [3.05, 3.63) is 204 Å². The molecule has 2 heteroatoms. The third-order valence-electron chi connectivity index (χ3n) is 14.4. The Morgan fingerprint density at radius 3 is 1.32 bits per heavy atom. The number of hydrogen-bond donors (Lipinski definition) is 0. The Hall–Kier alpha value is -6.64. The molecule has 0 N–H and O–H groups in total. The lowest BCUT2D eigenvalue weighted by atomic mass is 9.49. The van der Waals surface area contributed by atoms with E-state index in [-0.39, 0.29) is 16.2 Å². The first-order chi connectivity index (χ1) is 31.2. The van der Waals surface area contributed by atoms with Crippen molar-refractivity contribution in [1.82, 2.24) is 0 Å². The molecule has 0 aromatic heterocycles. The quantitative estimate of drug-likeness (QED) is 0.141. The summed E-state index contributed by atoms with van der Waals surface area (Å²) in [5.41, 5.74) is 14.5. The normalized spacial score (nSPS) is 13.5. The SMILES string of the molecule is CC(C)c1ccc(N(c2ccccc2)c2ccc3cc4c(cc3c2)C(C(C)(C)C)(C(C)(C)C)c2c-4c3ccccc3c3cc(N(c4ccccc4)c4ccc(C(C)C)cc4)ccc23)cc1. The molecule has 65 heavy (non-hydrogen) atoms. The van der Waals surface area contributed by atoms with Gasteiger partial charge in [-0.15, -0.1) is 0 Å². The monoisotopic (exact) mass is 846 g/mol. The minimum Gasteiger partial charge on any atom is -0.310 e. The van der Waals surface area contributed by atoms with E-state index in [1.54, 1.807) is 0 Å². The Labute approximate surface area is 387 Å². The van der Waals surface area contributed by atoms with Crippen LogP contribution in [-0.2, 0) is 5.41 Å². The molecule has 324 valence electrons. The highest BCUT2D eigenvalue weighted by atomic mass is 15.1. The van der Waals surface area contributed by atoms with Crippen LogP contribution < -0.4 is 9.80 Å². The fraction of sp³-hybridized carbons (Fsp3) is 0.238. The van der Waals surface area contributed by atoms with Gasteiger partial charge in [-0.25, -0.2) is 0 Å². The lowest BCUT2D eigenvalue weighted by Crippen LogP contribution is -2.50. The zero-order chi connectivity index (χ0) is 45.4. The van der Waals surface area contributed by atoms with Crippen molar-refractivity contribution in [3.8, 4) is 11.1 Å². The topological polar surface area (TPSA) is 6.48 Å². The van der Waals surface area contributed by atoms with Gasteiger partial charge in [-0.1, -0.05) is 166 Å². The first kappa shape index (κ1) is 42.3. The third kappa shape index (κ3) is 6.84. The molecule has 0 saturated heterocycles. The van der Waals surface area contributed by atoms with Crippen LogP contribution in [0.15, 0.2) is 182 Å². The van der Waals surface area contributed by atoms with Crippen LogP contribution in [0, 0.1) is 10.8 Å². The van der Waals surface area contributed by atoms with Crippen LogP contribution in [0.4, 0.5) is 34.1 Å². The van der Waals surface area contributed by atoms with Crippen molar-refractivity contribution in [2.45, 2.75) is 86.5 Å². The number of anilines is 6. The van der Waals surface area contributed by atoms with Crippen LogP contribution >= 0.6 is 0 Å². The molecule has 0 amide bonds. The molecule has 0 saturated carbocycles. The number of nitrogens with zero attached hydrogens (tertiary/aromatic N) is 2. The fourth-order valence-corrected chi connectivity index (χ4v) is 11.8. The van der Waals surface area contributed by atoms with Gasteiger partial charge < -0.3 is 9.80 Å². The number of hydrogen-bond acceptors (Lipinski definition) is 2. The Balaban J connectivity index is 1.23. The molecule has 0 bridgehead atoms. The van der Waals surface area contributed by atoms with Crippen molar-refractivity contribution in [2.75, 3.05) is 9.80 Å². The smallest absolute Gasteiger partial charge is 0.0468 e. The molecule has 0 heterocycles. The van der Waals surface area contributed by atoms with Gasteiger partial charge in [-0.05, 0) is 173 Å². The summed E-state index contributed by atoms with van der Waals surface area (Å²) < 4.78 is 0. The number of fused-ring (bicyclic) bond motifs is 9. The van der Waals surface area contributed by atoms with Crippen LogP contribution in [0.25, 0.3) is 43.4 Å². The molecule has 0 atom stereocenters. The molecule has 10 rings (SSSR count). The van der Waals surface area contributed by atoms with Crippen molar-refractivity contribution < 1.29 is 0 Å². The van der Waals surface area contributed by atoms with Crippen LogP contribution in [0.5, 0.6) is 0 Å². The van der Waals surface area contributed by atoms with Gasteiger partial charge in [0.1, 0.15) is 0 Å². The lowest BCUT2D eigenvalue weighted by molar-refractivity contribution is 0.0965. The molecule has 0 aliphatic heterocycles. The number of benzene rings is 9. The van der Waals surface area contributed by atoms with E-state index in [1.807, 2.05) is 0 Å². The van der Waals surface area contributed by atoms with Crippen LogP contribution in [0.2, 0.25) is 0 Å². The zero-order valence-electron chi connectivity index (χ0n) is 39.9. The summed E-state index contributed by atoms with van der Waals surface area (Å²) in [6.07, 6.45) is 0. The van der Waals surface area contributed by atoms with Crippen molar-refractivity contribution in [1.29, 1.82) is 0 Å². The Morgan fingerprint density at radius 1 is 0.369 bits per heavy atom. The molecule has 0 radical (unpaired) electrons. The predicted octanol–water partition coefficient (Wildman–Crippen LogP) is 18.7. The summed E-state index contributed by atoms with van der Waals surface area (Å²) in [7, 11) is 0. The molecule has 0 fully saturated rings. The first-order valence-electron chi connectivity index (χ1n) is 23.7. The minimum atomic E-state index is -0.351. The minimum absolute atomic E-state index is 0.160. The van der Waals surface area contributed by atoms with Crippen molar-refractivity contribution in [3.63, 3.8) is 0 Å². The second kappa shape index (κ2) is 15.8. The molecule has 9 aromatic rings. The van der Waals surface area contributed by atoms with E-state index in [4.69, 9.17) is 0 Å². The molecule has 1 aliphatic rings. The first-order valence-corrected chi connectivity index (χ1v) is 23.7. The van der Waals surface area contributed by atoms with E-state index in [2.05, 4.69) is 261 Å². The van der Waals surface area contributed by atoms with Gasteiger partial charge in [0.25, 0.3) is 0 Å². The van der Waals surface area contributed by atoms with Gasteiger partial charge in [-0.2, -0.15) is 0 Å². The molecule has 0 unspecified atom stereocenters. The largest absolute Gasteiger partial charge is 0.310 e. The predicted molar refractivity (Wildman–Crippen MR) is 282 cm³/mol. The van der Waals surface area contributed by atoms with E-state index < -0.39 is 0 Å². The fourth-order valence-electron chi connectivity index (χ4n) is 11.8. The average molecular weight is 847 g/mol. The van der Waals surface area contributed by atoms with Crippen molar-refractivity contribution >= 4 is 66.4 Å². The van der Waals surface area contributed by atoms with Gasteiger partial charge in [0.15, 0.2) is 0 Å². The highest BCUT2D eigenvalue weighted by Crippen LogP contribution is 2.68. The summed E-state index contributed by atoms with van der Waals surface area (Å²) in [5, 5.41) is 7.72. The number of para-hydroxylation sites is 2. The maximum atomic E-state index is 2.57. The summed E-state index contributed by atoms with van der Waals surface area (Å²) in [6, 6.07) is 68.5. The Morgan fingerprint density at radius 2 is 0.815 bits per heavy atom. The summed E-state index contributed by atoms with van der Waals surface area (Å²) in [6.45, 7) is 23.9. The molecule has 2 nitrogen and oxygen atoms in total. The maximum absolute atomic E-state index is 2.57. The van der Waals surface area contributed by atoms with Crippen LogP contribution in [0.3, 0.4) is 0 Å². The Kier molecular flexibility index (Phi) is 10.3. The average Bonchev–Trinajstić information content (AvgIpc) is 3.62. The van der Waals surface area contributed by atoms with Gasteiger partial charge in [-0.3, -0.25) is 0 Å². The Bertz CT molecular complexity index is 3190. The standard InChI is InChI=1S/C63H62N2/c1-41(2)43-25-30-49(31-26-43)64(47-19-13-11-14-20-47)51-34-29-45-38-57-58(39-46(45)37-51)63(61(5,6)7,62(8,9)10)60-55-36-35-52(40-56(55)53-23-17-18-24-54(53)59(57)60)65(48-21-15-12-16-22-48)50-32-27-44(28-33-50)42(3)4/h11-42H,1-10H3. The maximum Gasteiger partial charge on any atom is 0.0468 e. The highest BCUT2D eigenvalue weighted by molar-refractivity contribution is 6.20. The third-order valence-corrected chi connectivity index (χ3v) is 14.4. The van der Waals surface area contributed by atoms with Gasteiger partial charge in [0.05, 0.1) is 0 Å². The summed E-state index contributed by atoms with van der Waals surface area (Å²) in [5.74, 6) is 0.939. The van der Waals surface area contributed by atoms with Gasteiger partial charge in [0.2, 0.25) is 0 Å². The zero-order valence-corrected chi connectivity index (χ0v) is 39.9. The summed E-state index contributed by atoms with van der Waals surface area (Å²) in [4.78, 5) is 4.82. The summed E-state index contributed by atoms with van der Waals surface area (Å²) >= 11 is 0. The van der Waals surface area contributed by atoms with E-state index in [0.29, 0.717) is 11.8 Å². The second-order valence-electron chi connectivity index (χ2n) is 21.0. The molecular formula is C63H62N2. The van der Waals surface area contributed by atoms with Crippen molar-refractivity contribution in [2.24, 2.45) is 10.8 Å². The van der Waals surface area contributed by atoms with E-state index >= 15 is 0 Å². The van der Waals surface area contributed by atoms with Crippen LogP contribution in [0.1, 0.15) is 103 Å². The van der Waals surface area contributed by atoms with Gasteiger partial charge >= 0.3 is 0 Å². The number of rotatable bonds is 8. The molecule has 1 aliphatic carbocycles.